The van der Waals surface area contributed by atoms with Gasteiger partial charge in [0.25, 0.3) is 0 Å². The fourth-order valence-electron chi connectivity index (χ4n) is 1.74. The number of rotatable bonds is 7. The molecule has 1 atom stereocenters. The first-order valence-corrected chi connectivity index (χ1v) is 6.10. The fraction of sp³-hybridized carbons (Fsp3) is 0.692. The Labute approximate surface area is 98.2 Å². The van der Waals surface area contributed by atoms with Gasteiger partial charge in [-0.3, -0.25) is 0 Å². The SMILES string of the molecule is CCNC(COC(C)C)c1ccoc1CC. The second-order valence-corrected chi connectivity index (χ2v) is 4.15. The lowest BCUT2D eigenvalue weighted by atomic mass is 10.1. The minimum Gasteiger partial charge on any atom is -0.469 e. The van der Waals surface area contributed by atoms with E-state index in [4.69, 9.17) is 9.15 Å². The lowest BCUT2D eigenvalue weighted by Gasteiger charge is -2.19. The normalized spacial score (nSPS) is 13.3. The fourth-order valence-corrected chi connectivity index (χ4v) is 1.74. The molecule has 0 bridgehead atoms. The van der Waals surface area contributed by atoms with Crippen LogP contribution in [0.25, 0.3) is 0 Å². The molecule has 16 heavy (non-hydrogen) atoms. The predicted octanol–water partition coefficient (Wildman–Crippen LogP) is 2.92. The summed E-state index contributed by atoms with van der Waals surface area (Å²) >= 11 is 0. The highest BCUT2D eigenvalue weighted by Gasteiger charge is 2.16. The van der Waals surface area contributed by atoms with Crippen molar-refractivity contribution in [3.63, 3.8) is 0 Å². The molecule has 92 valence electrons. The van der Waals surface area contributed by atoms with Crippen LogP contribution in [0, 0.1) is 0 Å². The summed E-state index contributed by atoms with van der Waals surface area (Å²) in [6.45, 7) is 9.94. The number of likely N-dealkylation sites (N-methyl/N-ethyl adjacent to an activating group) is 1. The van der Waals surface area contributed by atoms with E-state index in [0.29, 0.717) is 6.61 Å². The van der Waals surface area contributed by atoms with Crippen LogP contribution in [-0.4, -0.2) is 19.3 Å². The summed E-state index contributed by atoms with van der Waals surface area (Å²) in [5, 5.41) is 3.43. The molecule has 0 saturated heterocycles. The third-order valence-electron chi connectivity index (χ3n) is 2.52. The Hall–Kier alpha value is -0.800. The van der Waals surface area contributed by atoms with Crippen molar-refractivity contribution in [2.24, 2.45) is 0 Å². The van der Waals surface area contributed by atoms with Gasteiger partial charge in [-0.1, -0.05) is 13.8 Å². The molecule has 1 aromatic heterocycles. The summed E-state index contributed by atoms with van der Waals surface area (Å²) in [4.78, 5) is 0. The topological polar surface area (TPSA) is 34.4 Å². The van der Waals surface area contributed by atoms with Crippen molar-refractivity contribution in [2.45, 2.75) is 46.3 Å². The molecular formula is C13H23NO2. The Morgan fingerprint density at radius 3 is 2.69 bits per heavy atom. The maximum absolute atomic E-state index is 5.68. The number of aryl methyl sites for hydroxylation is 1. The van der Waals surface area contributed by atoms with E-state index in [0.717, 1.165) is 18.7 Å². The minimum absolute atomic E-state index is 0.237. The highest BCUT2D eigenvalue weighted by atomic mass is 16.5. The molecule has 0 aliphatic rings. The largest absolute Gasteiger partial charge is 0.469 e. The van der Waals surface area contributed by atoms with Crippen LogP contribution in [0.15, 0.2) is 16.7 Å². The van der Waals surface area contributed by atoms with Gasteiger partial charge in [-0.15, -0.1) is 0 Å². The van der Waals surface area contributed by atoms with Gasteiger partial charge in [-0.2, -0.15) is 0 Å². The summed E-state index contributed by atoms with van der Waals surface area (Å²) < 4.78 is 11.1. The molecule has 3 heteroatoms. The highest BCUT2D eigenvalue weighted by molar-refractivity contribution is 5.21. The quantitative estimate of drug-likeness (QED) is 0.774. The summed E-state index contributed by atoms with van der Waals surface area (Å²) in [7, 11) is 0. The Morgan fingerprint density at radius 2 is 2.12 bits per heavy atom. The Kier molecular flexibility index (Phi) is 5.56. The molecule has 0 aliphatic heterocycles. The first-order chi connectivity index (χ1) is 7.69. The van der Waals surface area contributed by atoms with Crippen molar-refractivity contribution in [1.29, 1.82) is 0 Å². The van der Waals surface area contributed by atoms with Crippen molar-refractivity contribution in [3.05, 3.63) is 23.7 Å². The number of nitrogens with one attached hydrogen (secondary N) is 1. The minimum atomic E-state index is 0.237. The van der Waals surface area contributed by atoms with E-state index in [1.165, 1.54) is 5.56 Å². The summed E-state index contributed by atoms with van der Waals surface area (Å²) in [5.41, 5.74) is 1.23. The molecule has 0 radical (unpaired) electrons. The monoisotopic (exact) mass is 225 g/mol. The zero-order chi connectivity index (χ0) is 12.0. The summed E-state index contributed by atoms with van der Waals surface area (Å²) in [5.74, 6) is 1.05. The molecule has 1 unspecified atom stereocenters. The van der Waals surface area contributed by atoms with Gasteiger partial charge in [0.15, 0.2) is 0 Å². The molecular weight excluding hydrogens is 202 g/mol. The lowest BCUT2D eigenvalue weighted by Crippen LogP contribution is -2.27. The number of hydrogen-bond donors (Lipinski definition) is 1. The standard InChI is InChI=1S/C13H23NO2/c1-5-13-11(7-8-15-13)12(14-6-2)9-16-10(3)4/h7-8,10,12,14H,5-6,9H2,1-4H3. The van der Waals surface area contributed by atoms with Crippen molar-refractivity contribution >= 4 is 0 Å². The number of furan rings is 1. The van der Waals surface area contributed by atoms with E-state index in [9.17, 15) is 0 Å². The van der Waals surface area contributed by atoms with Crippen LogP contribution >= 0.6 is 0 Å². The molecule has 3 nitrogen and oxygen atoms in total. The summed E-state index contributed by atoms with van der Waals surface area (Å²) in [6.07, 6.45) is 2.94. The van der Waals surface area contributed by atoms with Crippen LogP contribution in [0.5, 0.6) is 0 Å². The van der Waals surface area contributed by atoms with Crippen molar-refractivity contribution in [1.82, 2.24) is 5.32 Å². The van der Waals surface area contributed by atoms with E-state index < -0.39 is 0 Å². The van der Waals surface area contributed by atoms with Gasteiger partial charge in [0.2, 0.25) is 0 Å². The lowest BCUT2D eigenvalue weighted by molar-refractivity contribution is 0.0611. The van der Waals surface area contributed by atoms with Crippen LogP contribution in [0.2, 0.25) is 0 Å². The second kappa shape index (κ2) is 6.71. The smallest absolute Gasteiger partial charge is 0.108 e. The van der Waals surface area contributed by atoms with Crippen LogP contribution in [-0.2, 0) is 11.2 Å². The average Bonchev–Trinajstić information content (AvgIpc) is 2.71. The van der Waals surface area contributed by atoms with E-state index in [2.05, 4.69) is 33.0 Å². The molecule has 0 saturated carbocycles. The Morgan fingerprint density at radius 1 is 1.38 bits per heavy atom. The van der Waals surface area contributed by atoms with Gasteiger partial charge in [0, 0.05) is 12.0 Å². The maximum Gasteiger partial charge on any atom is 0.108 e. The van der Waals surface area contributed by atoms with Crippen molar-refractivity contribution in [3.8, 4) is 0 Å². The molecule has 1 heterocycles. The maximum atomic E-state index is 5.68. The summed E-state index contributed by atoms with van der Waals surface area (Å²) in [6, 6.07) is 2.27. The molecule has 1 rings (SSSR count). The van der Waals surface area contributed by atoms with E-state index in [1.807, 2.05) is 6.07 Å². The molecule has 0 fully saturated rings. The van der Waals surface area contributed by atoms with Gasteiger partial charge < -0.3 is 14.5 Å². The van der Waals surface area contributed by atoms with E-state index in [-0.39, 0.29) is 12.1 Å². The molecule has 0 amide bonds. The molecule has 0 aliphatic carbocycles. The molecule has 1 N–H and O–H groups in total. The Bertz CT molecular complexity index is 294. The van der Waals surface area contributed by atoms with Crippen molar-refractivity contribution in [2.75, 3.05) is 13.2 Å². The van der Waals surface area contributed by atoms with Gasteiger partial charge in [0.1, 0.15) is 5.76 Å². The Balaban J connectivity index is 2.68. The molecule has 0 aromatic carbocycles. The highest BCUT2D eigenvalue weighted by Crippen LogP contribution is 2.20. The third-order valence-corrected chi connectivity index (χ3v) is 2.52. The van der Waals surface area contributed by atoms with Crippen LogP contribution in [0.1, 0.15) is 45.1 Å². The first kappa shape index (κ1) is 13.3. The van der Waals surface area contributed by atoms with E-state index in [1.54, 1.807) is 6.26 Å². The predicted molar refractivity (Wildman–Crippen MR) is 65.6 cm³/mol. The first-order valence-electron chi connectivity index (χ1n) is 6.10. The van der Waals surface area contributed by atoms with Gasteiger partial charge in [-0.05, 0) is 26.5 Å². The number of hydrogen-bond acceptors (Lipinski definition) is 3. The van der Waals surface area contributed by atoms with Gasteiger partial charge in [-0.25, -0.2) is 0 Å². The zero-order valence-corrected chi connectivity index (χ0v) is 10.7. The van der Waals surface area contributed by atoms with Crippen molar-refractivity contribution < 1.29 is 9.15 Å². The average molecular weight is 225 g/mol. The van der Waals surface area contributed by atoms with E-state index >= 15 is 0 Å². The zero-order valence-electron chi connectivity index (χ0n) is 10.7. The molecule has 1 aromatic rings. The van der Waals surface area contributed by atoms with Crippen LogP contribution < -0.4 is 5.32 Å². The number of ether oxygens (including phenoxy) is 1. The van der Waals surface area contributed by atoms with Crippen LogP contribution in [0.4, 0.5) is 0 Å². The molecule has 0 spiro atoms. The van der Waals surface area contributed by atoms with Gasteiger partial charge in [0.05, 0.1) is 25.0 Å². The van der Waals surface area contributed by atoms with Crippen LogP contribution in [0.3, 0.4) is 0 Å². The third kappa shape index (κ3) is 3.65. The second-order valence-electron chi connectivity index (χ2n) is 4.15. The van der Waals surface area contributed by atoms with Gasteiger partial charge >= 0.3 is 0 Å².